The maximum atomic E-state index is 11.3. The van der Waals surface area contributed by atoms with Crippen LogP contribution in [0.2, 0.25) is 0 Å². The number of rotatable bonds is 10. The molecule has 3 nitrogen and oxygen atoms in total. The minimum Gasteiger partial charge on any atom is -0.355 e. The molecule has 0 spiro atoms. The van der Waals surface area contributed by atoms with E-state index in [1.54, 1.807) is 0 Å². The van der Waals surface area contributed by atoms with Crippen LogP contribution in [0.15, 0.2) is 0 Å². The predicted molar refractivity (Wildman–Crippen MR) is 67.4 cm³/mol. The van der Waals surface area contributed by atoms with E-state index in [-0.39, 0.29) is 5.91 Å². The zero-order valence-electron chi connectivity index (χ0n) is 10.6. The molecule has 0 aromatic heterocycles. The van der Waals surface area contributed by atoms with E-state index >= 15 is 0 Å². The van der Waals surface area contributed by atoms with Gasteiger partial charge >= 0.3 is 0 Å². The molecule has 2 N–H and O–H groups in total. The number of carbonyl (C=O) groups is 1. The lowest BCUT2D eigenvalue weighted by atomic mass is 10.1. The molecule has 0 aromatic carbocycles. The minimum atomic E-state index is 0.153. The van der Waals surface area contributed by atoms with Gasteiger partial charge in [0.05, 0.1) is 6.54 Å². The van der Waals surface area contributed by atoms with E-state index in [4.69, 9.17) is 0 Å². The summed E-state index contributed by atoms with van der Waals surface area (Å²) in [7, 11) is 0. The van der Waals surface area contributed by atoms with Gasteiger partial charge in [-0.05, 0) is 19.3 Å². The van der Waals surface area contributed by atoms with Crippen LogP contribution in [-0.4, -0.2) is 25.0 Å². The van der Waals surface area contributed by atoms with Crippen LogP contribution in [0.1, 0.15) is 58.3 Å². The van der Waals surface area contributed by atoms with E-state index in [9.17, 15) is 4.79 Å². The minimum absolute atomic E-state index is 0.153. The maximum Gasteiger partial charge on any atom is 0.233 e. The number of nitrogens with one attached hydrogen (secondary N) is 2. The first-order valence-electron chi connectivity index (χ1n) is 6.83. The van der Waals surface area contributed by atoms with Crippen molar-refractivity contribution in [1.29, 1.82) is 0 Å². The second kappa shape index (κ2) is 8.57. The Bertz CT molecular complexity index is 190. The largest absolute Gasteiger partial charge is 0.355 e. The third-order valence-electron chi connectivity index (χ3n) is 2.98. The third kappa shape index (κ3) is 7.69. The van der Waals surface area contributed by atoms with Crippen molar-refractivity contribution >= 4 is 5.91 Å². The SMILES string of the molecule is CCCCCCCCNC(=O)CNC1CC1. The lowest BCUT2D eigenvalue weighted by Crippen LogP contribution is -2.35. The van der Waals surface area contributed by atoms with Crippen molar-refractivity contribution in [3.8, 4) is 0 Å². The van der Waals surface area contributed by atoms with Crippen LogP contribution in [0.5, 0.6) is 0 Å². The fraction of sp³-hybridized carbons (Fsp3) is 0.923. The number of carbonyl (C=O) groups excluding carboxylic acids is 1. The molecule has 1 fully saturated rings. The molecule has 0 atom stereocenters. The molecule has 1 aliphatic carbocycles. The molecule has 0 radical (unpaired) electrons. The zero-order chi connectivity index (χ0) is 11.6. The molecule has 0 aromatic rings. The molecular weight excluding hydrogens is 200 g/mol. The van der Waals surface area contributed by atoms with Crippen LogP contribution < -0.4 is 10.6 Å². The van der Waals surface area contributed by atoms with Gasteiger partial charge in [0.25, 0.3) is 0 Å². The van der Waals surface area contributed by atoms with Crippen LogP contribution in [-0.2, 0) is 4.79 Å². The molecular formula is C13H26N2O. The Morgan fingerprint density at radius 3 is 2.50 bits per heavy atom. The van der Waals surface area contributed by atoms with Crippen LogP contribution in [0.4, 0.5) is 0 Å². The molecule has 0 bridgehead atoms. The average Bonchev–Trinajstić information content (AvgIpc) is 3.09. The van der Waals surface area contributed by atoms with Gasteiger partial charge in [0, 0.05) is 12.6 Å². The summed E-state index contributed by atoms with van der Waals surface area (Å²) < 4.78 is 0. The first kappa shape index (κ1) is 13.5. The molecule has 1 saturated carbocycles. The van der Waals surface area contributed by atoms with E-state index in [1.165, 1.54) is 44.9 Å². The van der Waals surface area contributed by atoms with E-state index in [0.717, 1.165) is 13.0 Å². The van der Waals surface area contributed by atoms with Crippen LogP contribution in [0.3, 0.4) is 0 Å². The van der Waals surface area contributed by atoms with Gasteiger partial charge in [-0.25, -0.2) is 0 Å². The molecule has 16 heavy (non-hydrogen) atoms. The van der Waals surface area contributed by atoms with Gasteiger partial charge in [-0.1, -0.05) is 39.0 Å². The molecule has 0 aliphatic heterocycles. The van der Waals surface area contributed by atoms with Gasteiger partial charge in [-0.3, -0.25) is 4.79 Å². The van der Waals surface area contributed by atoms with Crippen LogP contribution in [0, 0.1) is 0 Å². The summed E-state index contributed by atoms with van der Waals surface area (Å²) in [6.07, 6.45) is 10.1. The van der Waals surface area contributed by atoms with E-state index in [0.29, 0.717) is 12.6 Å². The lowest BCUT2D eigenvalue weighted by molar-refractivity contribution is -0.120. The molecule has 0 unspecified atom stereocenters. The van der Waals surface area contributed by atoms with Gasteiger partial charge in [0.15, 0.2) is 0 Å². The summed E-state index contributed by atoms with van der Waals surface area (Å²) in [5.74, 6) is 0.153. The van der Waals surface area contributed by atoms with Crippen molar-refractivity contribution < 1.29 is 4.79 Å². The summed E-state index contributed by atoms with van der Waals surface area (Å²) in [5, 5.41) is 6.17. The monoisotopic (exact) mass is 226 g/mol. The average molecular weight is 226 g/mol. The number of unbranched alkanes of at least 4 members (excludes halogenated alkanes) is 5. The highest BCUT2D eigenvalue weighted by atomic mass is 16.1. The highest BCUT2D eigenvalue weighted by Gasteiger charge is 2.20. The Kier molecular flexibility index (Phi) is 7.23. The van der Waals surface area contributed by atoms with Crippen molar-refractivity contribution in [2.24, 2.45) is 0 Å². The Labute approximate surface area is 99.4 Å². The van der Waals surface area contributed by atoms with E-state index < -0.39 is 0 Å². The fourth-order valence-electron chi connectivity index (χ4n) is 1.72. The molecule has 0 heterocycles. The first-order chi connectivity index (χ1) is 7.83. The van der Waals surface area contributed by atoms with Gasteiger partial charge in [-0.2, -0.15) is 0 Å². The number of amides is 1. The van der Waals surface area contributed by atoms with Crippen molar-refractivity contribution in [2.45, 2.75) is 64.3 Å². The summed E-state index contributed by atoms with van der Waals surface area (Å²) >= 11 is 0. The summed E-state index contributed by atoms with van der Waals surface area (Å²) in [4.78, 5) is 11.3. The van der Waals surface area contributed by atoms with Gasteiger partial charge in [0.1, 0.15) is 0 Å². The first-order valence-corrected chi connectivity index (χ1v) is 6.83. The maximum absolute atomic E-state index is 11.3. The molecule has 0 saturated heterocycles. The third-order valence-corrected chi connectivity index (χ3v) is 2.98. The predicted octanol–water partition coefficient (Wildman–Crippen LogP) is 2.22. The second-order valence-corrected chi connectivity index (χ2v) is 4.77. The quantitative estimate of drug-likeness (QED) is 0.561. The Morgan fingerprint density at radius 1 is 1.12 bits per heavy atom. The van der Waals surface area contributed by atoms with Gasteiger partial charge in [-0.15, -0.1) is 0 Å². The standard InChI is InChI=1S/C13H26N2O/c1-2-3-4-5-6-7-10-14-13(16)11-15-12-8-9-12/h12,15H,2-11H2,1H3,(H,14,16). The lowest BCUT2D eigenvalue weighted by Gasteiger charge is -2.05. The normalized spacial score (nSPS) is 15.1. The molecule has 3 heteroatoms. The number of hydrogen-bond donors (Lipinski definition) is 2. The van der Waals surface area contributed by atoms with Crippen molar-refractivity contribution in [2.75, 3.05) is 13.1 Å². The van der Waals surface area contributed by atoms with E-state index in [2.05, 4.69) is 17.6 Å². The summed E-state index contributed by atoms with van der Waals surface area (Å²) in [6.45, 7) is 3.57. The van der Waals surface area contributed by atoms with Crippen molar-refractivity contribution in [3.63, 3.8) is 0 Å². The van der Waals surface area contributed by atoms with Gasteiger partial charge < -0.3 is 10.6 Å². The molecule has 1 aliphatic rings. The summed E-state index contributed by atoms with van der Waals surface area (Å²) in [6, 6.07) is 0.625. The Hall–Kier alpha value is -0.570. The second-order valence-electron chi connectivity index (χ2n) is 4.77. The summed E-state index contributed by atoms with van der Waals surface area (Å²) in [5.41, 5.74) is 0. The van der Waals surface area contributed by atoms with Gasteiger partial charge in [0.2, 0.25) is 5.91 Å². The highest BCUT2D eigenvalue weighted by Crippen LogP contribution is 2.17. The smallest absolute Gasteiger partial charge is 0.233 e. The Balaban J connectivity index is 1.76. The van der Waals surface area contributed by atoms with Crippen LogP contribution in [0.25, 0.3) is 0 Å². The Morgan fingerprint density at radius 2 is 1.81 bits per heavy atom. The zero-order valence-corrected chi connectivity index (χ0v) is 10.6. The highest BCUT2D eigenvalue weighted by molar-refractivity contribution is 5.77. The fourth-order valence-corrected chi connectivity index (χ4v) is 1.72. The van der Waals surface area contributed by atoms with Crippen LogP contribution >= 0.6 is 0 Å². The topological polar surface area (TPSA) is 41.1 Å². The molecule has 1 amide bonds. The van der Waals surface area contributed by atoms with E-state index in [1.807, 2.05) is 0 Å². The number of hydrogen-bond acceptors (Lipinski definition) is 2. The van der Waals surface area contributed by atoms with Crippen molar-refractivity contribution in [3.05, 3.63) is 0 Å². The molecule has 1 rings (SSSR count). The molecule has 94 valence electrons. The van der Waals surface area contributed by atoms with Crippen molar-refractivity contribution in [1.82, 2.24) is 10.6 Å².